The topological polar surface area (TPSA) is 157 Å². The first-order valence-electron chi connectivity index (χ1n) is 19.5. The number of benzene rings is 3. The number of hydrogen-bond donors (Lipinski definition) is 2. The molecule has 298 valence electrons. The predicted octanol–water partition coefficient (Wildman–Crippen LogP) is 6.64. The van der Waals surface area contributed by atoms with Gasteiger partial charge in [-0.3, -0.25) is 28.7 Å². The van der Waals surface area contributed by atoms with Gasteiger partial charge >= 0.3 is 0 Å². The highest BCUT2D eigenvalue weighted by atomic mass is 32.1. The first-order chi connectivity index (χ1) is 28.0. The lowest BCUT2D eigenvalue weighted by Crippen LogP contribution is -2.44. The highest BCUT2D eigenvalue weighted by Crippen LogP contribution is 2.40. The largest absolute Gasteiger partial charge is 0.491 e. The van der Waals surface area contributed by atoms with Crippen LogP contribution in [0.1, 0.15) is 86.4 Å². The van der Waals surface area contributed by atoms with E-state index in [1.165, 1.54) is 4.88 Å². The molecule has 8 rings (SSSR count). The summed E-state index contributed by atoms with van der Waals surface area (Å²) < 4.78 is 13.9. The number of anilines is 2. The molecule has 13 nitrogen and oxygen atoms in total. The third-order valence-corrected chi connectivity index (χ3v) is 12.1. The van der Waals surface area contributed by atoms with E-state index in [4.69, 9.17) is 14.5 Å². The highest BCUT2D eigenvalue weighted by molar-refractivity contribution is 7.15. The van der Waals surface area contributed by atoms with E-state index in [9.17, 15) is 19.2 Å². The van der Waals surface area contributed by atoms with E-state index in [1.54, 1.807) is 22.3 Å². The van der Waals surface area contributed by atoms with Crippen LogP contribution >= 0.6 is 11.3 Å². The number of nitrogens with zero attached hydrogens (tertiary/aromatic N) is 5. The monoisotopic (exact) mass is 799 g/mol. The van der Waals surface area contributed by atoms with Gasteiger partial charge in [-0.15, -0.1) is 21.5 Å². The van der Waals surface area contributed by atoms with E-state index in [-0.39, 0.29) is 36.2 Å². The molecule has 2 aliphatic heterocycles. The van der Waals surface area contributed by atoms with Crippen LogP contribution in [-0.2, 0) is 25.7 Å². The minimum atomic E-state index is -0.566. The molecule has 14 heteroatoms. The number of Topliss-reactive ketones (excluding diaryl/α,β-unsaturated/α-hetero) is 2. The third kappa shape index (κ3) is 7.81. The molecule has 1 aliphatic carbocycles. The first kappa shape index (κ1) is 38.9. The van der Waals surface area contributed by atoms with E-state index in [0.717, 1.165) is 55.7 Å². The molecular weight excluding hydrogens is 755 g/mol. The van der Waals surface area contributed by atoms with Gasteiger partial charge in [-0.25, -0.2) is 0 Å². The highest BCUT2D eigenvalue weighted by Gasteiger charge is 2.40. The van der Waals surface area contributed by atoms with Crippen LogP contribution in [0.3, 0.4) is 0 Å². The number of carbonyl (C=O) groups is 4. The van der Waals surface area contributed by atoms with Gasteiger partial charge in [-0.1, -0.05) is 23.8 Å². The Kier molecular flexibility index (Phi) is 11.0. The van der Waals surface area contributed by atoms with Crippen molar-refractivity contribution in [2.75, 3.05) is 37.0 Å². The van der Waals surface area contributed by atoms with Crippen molar-refractivity contribution in [2.24, 2.45) is 4.99 Å². The van der Waals surface area contributed by atoms with Crippen molar-refractivity contribution >= 4 is 51.8 Å². The van der Waals surface area contributed by atoms with Crippen molar-refractivity contribution in [3.63, 3.8) is 0 Å². The standard InChI is InChI=1S/C44H45N7O6S/c1-25-8-12-30(13-9-25)46-39(54)23-36-42-49-48-28(4)51(42)44-40(26(2)27(3)58-44)41(47-36)29-10-15-32(16-11-29)57-21-20-56-19-18-45-35-7-5-6-33-34(35)24-50(43(33)55)37-17-14-31(52)22-38(37)53/h5-13,15-16,36-37,45H,14,17-24H2,1-4H3,(H,46,54)/t36-,37?/m0/s1. The maximum absolute atomic E-state index is 13.4. The van der Waals surface area contributed by atoms with Gasteiger partial charge < -0.3 is 25.0 Å². The van der Waals surface area contributed by atoms with Crippen LogP contribution in [0.25, 0.3) is 5.00 Å². The smallest absolute Gasteiger partial charge is 0.255 e. The first-order valence-corrected chi connectivity index (χ1v) is 20.4. The molecule has 4 heterocycles. The molecule has 1 unspecified atom stereocenters. The molecule has 3 aromatic carbocycles. The number of aliphatic imine (C=N–C) groups is 1. The van der Waals surface area contributed by atoms with Crippen LogP contribution in [0.15, 0.2) is 71.7 Å². The molecule has 5 aromatic rings. The number of ketones is 2. The molecule has 2 N–H and O–H groups in total. The maximum atomic E-state index is 13.4. The SMILES string of the molecule is Cc1ccc(NC(=O)C[C@@H]2N=C(c3ccc(OCCOCCNc4cccc5c4CN(C4CCC(=O)CC4=O)C5=O)cc3)c3c(sc(C)c3C)-n3c(C)nnc32)cc1. The van der Waals surface area contributed by atoms with E-state index < -0.39 is 12.1 Å². The van der Waals surface area contributed by atoms with E-state index >= 15 is 0 Å². The van der Waals surface area contributed by atoms with Gasteiger partial charge in [0, 0.05) is 58.0 Å². The van der Waals surface area contributed by atoms with E-state index in [2.05, 4.69) is 34.7 Å². The lowest BCUT2D eigenvalue weighted by molar-refractivity contribution is -0.133. The zero-order valence-electron chi connectivity index (χ0n) is 33.0. The quantitative estimate of drug-likeness (QED) is 0.0985. The second kappa shape index (κ2) is 16.5. The molecule has 1 saturated carbocycles. The molecule has 0 spiro atoms. The van der Waals surface area contributed by atoms with Gasteiger partial charge in [-0.05, 0) is 88.2 Å². The third-order valence-electron chi connectivity index (χ3n) is 11.0. The molecule has 2 amide bonds. The number of nitrogens with one attached hydrogen (secondary N) is 2. The number of fused-ring (bicyclic) bond motifs is 4. The molecule has 0 saturated heterocycles. The Morgan fingerprint density at radius 3 is 2.50 bits per heavy atom. The van der Waals surface area contributed by atoms with Crippen LogP contribution in [0, 0.1) is 27.7 Å². The summed E-state index contributed by atoms with van der Waals surface area (Å²) in [6.07, 6.45) is 0.702. The maximum Gasteiger partial charge on any atom is 0.255 e. The molecule has 3 aliphatic rings. The Labute approximate surface area is 340 Å². The summed E-state index contributed by atoms with van der Waals surface area (Å²) in [6, 6.07) is 20.0. The Morgan fingerprint density at radius 1 is 0.931 bits per heavy atom. The second-order valence-electron chi connectivity index (χ2n) is 14.9. The predicted molar refractivity (Wildman–Crippen MR) is 221 cm³/mol. The average Bonchev–Trinajstić information content (AvgIpc) is 3.82. The van der Waals surface area contributed by atoms with Crippen LogP contribution in [0.4, 0.5) is 11.4 Å². The van der Waals surface area contributed by atoms with Gasteiger partial charge in [0.15, 0.2) is 11.6 Å². The van der Waals surface area contributed by atoms with Gasteiger partial charge in [0.2, 0.25) is 5.91 Å². The molecule has 0 radical (unpaired) electrons. The Balaban J connectivity index is 0.881. The Bertz CT molecular complexity index is 2430. The summed E-state index contributed by atoms with van der Waals surface area (Å²) in [5.74, 6) is 1.49. The number of amides is 2. The van der Waals surface area contributed by atoms with E-state index in [1.807, 2.05) is 79.1 Å². The van der Waals surface area contributed by atoms with E-state index in [0.29, 0.717) is 62.9 Å². The average molecular weight is 800 g/mol. The van der Waals surface area contributed by atoms with Crippen molar-refractivity contribution in [1.82, 2.24) is 19.7 Å². The zero-order chi connectivity index (χ0) is 40.5. The van der Waals surface area contributed by atoms with Crippen LogP contribution < -0.4 is 15.4 Å². The number of rotatable bonds is 13. The summed E-state index contributed by atoms with van der Waals surface area (Å²) in [5.41, 5.74) is 7.93. The van der Waals surface area contributed by atoms with Crippen LogP contribution in [0.2, 0.25) is 0 Å². The van der Waals surface area contributed by atoms with Gasteiger partial charge in [0.1, 0.15) is 35.0 Å². The zero-order valence-corrected chi connectivity index (χ0v) is 33.8. The number of carbonyl (C=O) groups excluding carboxylic acids is 4. The molecule has 58 heavy (non-hydrogen) atoms. The van der Waals surface area contributed by atoms with Crippen LogP contribution in [-0.4, -0.2) is 81.2 Å². The molecule has 2 atom stereocenters. The molecule has 1 fully saturated rings. The number of ether oxygens (including phenoxy) is 2. The fraction of sp³-hybridized carbons (Fsp3) is 0.341. The van der Waals surface area contributed by atoms with Crippen molar-refractivity contribution in [3.05, 3.63) is 117 Å². The van der Waals surface area contributed by atoms with Crippen molar-refractivity contribution in [3.8, 4) is 10.8 Å². The summed E-state index contributed by atoms with van der Waals surface area (Å²) >= 11 is 1.67. The minimum absolute atomic E-state index is 0.0601. The van der Waals surface area contributed by atoms with Crippen molar-refractivity contribution in [2.45, 2.75) is 72.0 Å². The van der Waals surface area contributed by atoms with Gasteiger partial charge in [0.05, 0.1) is 37.8 Å². The Hall–Kier alpha value is -5.99. The number of hydrogen-bond acceptors (Lipinski definition) is 11. The number of thiophene rings is 1. The number of aromatic nitrogens is 3. The lowest BCUT2D eigenvalue weighted by atomic mass is 9.92. The van der Waals surface area contributed by atoms with Gasteiger partial charge in [-0.2, -0.15) is 0 Å². The molecular formula is C44H45N7O6S. The fourth-order valence-electron chi connectivity index (χ4n) is 7.80. The summed E-state index contributed by atoms with van der Waals surface area (Å²) in [7, 11) is 0. The van der Waals surface area contributed by atoms with Gasteiger partial charge in [0.25, 0.3) is 5.91 Å². The van der Waals surface area contributed by atoms with Crippen LogP contribution in [0.5, 0.6) is 5.75 Å². The number of aryl methyl sites for hydroxylation is 3. The fourth-order valence-corrected chi connectivity index (χ4v) is 9.01. The summed E-state index contributed by atoms with van der Waals surface area (Å²) in [4.78, 5) is 58.9. The summed E-state index contributed by atoms with van der Waals surface area (Å²) in [6.45, 7) is 10.1. The van der Waals surface area contributed by atoms with Crippen molar-refractivity contribution in [1.29, 1.82) is 0 Å². The Morgan fingerprint density at radius 2 is 1.72 bits per heavy atom. The molecule has 0 bridgehead atoms. The van der Waals surface area contributed by atoms with Crippen molar-refractivity contribution < 1.29 is 28.7 Å². The minimum Gasteiger partial charge on any atom is -0.491 e. The lowest BCUT2D eigenvalue weighted by Gasteiger charge is -2.29. The second-order valence-corrected chi connectivity index (χ2v) is 16.1. The molecule has 2 aromatic heterocycles. The normalized spacial score (nSPS) is 17.3. The summed E-state index contributed by atoms with van der Waals surface area (Å²) in [5, 5.41) is 16.3.